The zero-order chi connectivity index (χ0) is 9.26. The molecule has 2 amide bonds. The predicted molar refractivity (Wildman–Crippen MR) is 49.8 cm³/mol. The summed E-state index contributed by atoms with van der Waals surface area (Å²) in [7, 11) is 0. The van der Waals surface area contributed by atoms with Crippen LogP contribution in [0.5, 0.6) is 0 Å². The summed E-state index contributed by atoms with van der Waals surface area (Å²) in [6, 6.07) is -0.329. The number of hydrogen-bond donors (Lipinski definition) is 2. The smallest absolute Gasteiger partial charge is 0.316 e. The number of carbonyl (C=O) groups is 1. The Morgan fingerprint density at radius 3 is 2.92 bits per heavy atom. The van der Waals surface area contributed by atoms with Crippen molar-refractivity contribution in [3.05, 3.63) is 11.3 Å². The molecule has 13 heavy (non-hydrogen) atoms. The summed E-state index contributed by atoms with van der Waals surface area (Å²) >= 11 is 0. The molecule has 0 spiro atoms. The third-order valence-corrected chi connectivity index (χ3v) is 2.76. The molecule has 4 nitrogen and oxygen atoms in total. The first-order valence-corrected chi connectivity index (χ1v) is 4.76. The summed E-state index contributed by atoms with van der Waals surface area (Å²) in [5.74, 6) is 0. The lowest BCUT2D eigenvalue weighted by molar-refractivity contribution is 0.203. The normalized spacial score (nSPS) is 22.3. The van der Waals surface area contributed by atoms with Gasteiger partial charge in [0.2, 0.25) is 0 Å². The average molecular weight is 181 g/mol. The molecule has 0 atom stereocenters. The van der Waals surface area contributed by atoms with Gasteiger partial charge >= 0.3 is 6.03 Å². The number of nitrogens with two attached hydrogens (primary N) is 1. The van der Waals surface area contributed by atoms with Crippen LogP contribution in [0.2, 0.25) is 0 Å². The van der Waals surface area contributed by atoms with E-state index in [2.05, 4.69) is 5.32 Å². The largest absolute Gasteiger partial charge is 0.371 e. The molecule has 2 rings (SSSR count). The Hall–Kier alpha value is -1.19. The molecule has 1 aliphatic carbocycles. The van der Waals surface area contributed by atoms with E-state index in [-0.39, 0.29) is 6.03 Å². The van der Waals surface area contributed by atoms with Crippen LogP contribution in [0.25, 0.3) is 0 Å². The minimum atomic E-state index is -0.329. The van der Waals surface area contributed by atoms with E-state index >= 15 is 0 Å². The first-order valence-electron chi connectivity index (χ1n) is 4.76. The van der Waals surface area contributed by atoms with E-state index in [0.717, 1.165) is 19.4 Å². The van der Waals surface area contributed by atoms with Gasteiger partial charge in [-0.2, -0.15) is 0 Å². The molecule has 0 fully saturated rings. The second-order valence-electron chi connectivity index (χ2n) is 3.66. The molecule has 0 bridgehead atoms. The van der Waals surface area contributed by atoms with Crippen LogP contribution in [-0.4, -0.2) is 24.1 Å². The molecular weight excluding hydrogens is 166 g/mol. The van der Waals surface area contributed by atoms with Crippen molar-refractivity contribution in [1.29, 1.82) is 0 Å². The lowest BCUT2D eigenvalue weighted by Gasteiger charge is -2.33. The Balaban J connectivity index is 2.09. The van der Waals surface area contributed by atoms with Crippen LogP contribution in [0, 0.1) is 0 Å². The Labute approximate surface area is 77.8 Å². The maximum atomic E-state index is 10.9. The maximum absolute atomic E-state index is 10.9. The topological polar surface area (TPSA) is 58.4 Å². The van der Waals surface area contributed by atoms with Crippen LogP contribution >= 0.6 is 0 Å². The Kier molecular flexibility index (Phi) is 2.12. The van der Waals surface area contributed by atoms with E-state index in [0.29, 0.717) is 6.67 Å². The van der Waals surface area contributed by atoms with Gasteiger partial charge in [-0.25, -0.2) is 4.79 Å². The summed E-state index contributed by atoms with van der Waals surface area (Å²) in [6.45, 7) is 1.31. The Morgan fingerprint density at radius 2 is 2.15 bits per heavy atom. The van der Waals surface area contributed by atoms with Crippen molar-refractivity contribution in [2.24, 2.45) is 5.73 Å². The van der Waals surface area contributed by atoms with Gasteiger partial charge in [0, 0.05) is 12.2 Å². The average Bonchev–Trinajstić information content (AvgIpc) is 2.17. The van der Waals surface area contributed by atoms with Gasteiger partial charge in [0.25, 0.3) is 0 Å². The van der Waals surface area contributed by atoms with Crippen molar-refractivity contribution >= 4 is 6.03 Å². The first kappa shape index (κ1) is 8.41. The monoisotopic (exact) mass is 181 g/mol. The molecule has 4 heteroatoms. The van der Waals surface area contributed by atoms with Crippen LogP contribution in [-0.2, 0) is 0 Å². The molecule has 0 saturated carbocycles. The molecule has 3 N–H and O–H groups in total. The lowest BCUT2D eigenvalue weighted by atomic mass is 9.95. The molecule has 2 aliphatic rings. The zero-order valence-corrected chi connectivity index (χ0v) is 7.68. The van der Waals surface area contributed by atoms with Crippen molar-refractivity contribution in [1.82, 2.24) is 10.2 Å². The number of amides is 2. The quantitative estimate of drug-likeness (QED) is 0.579. The third-order valence-electron chi connectivity index (χ3n) is 2.76. The van der Waals surface area contributed by atoms with Gasteiger partial charge in [0.1, 0.15) is 0 Å². The number of primary amides is 1. The van der Waals surface area contributed by atoms with E-state index < -0.39 is 0 Å². The summed E-state index contributed by atoms with van der Waals surface area (Å²) < 4.78 is 0. The minimum absolute atomic E-state index is 0.329. The van der Waals surface area contributed by atoms with Gasteiger partial charge in [-0.3, -0.25) is 0 Å². The van der Waals surface area contributed by atoms with E-state index in [1.165, 1.54) is 24.1 Å². The van der Waals surface area contributed by atoms with Gasteiger partial charge < -0.3 is 16.0 Å². The fourth-order valence-corrected chi connectivity index (χ4v) is 1.99. The molecule has 0 aromatic heterocycles. The van der Waals surface area contributed by atoms with Gasteiger partial charge in [-0.1, -0.05) is 0 Å². The predicted octanol–water partition coefficient (Wildman–Crippen LogP) is 0.756. The fraction of sp³-hybridized carbons (Fsp3) is 0.667. The van der Waals surface area contributed by atoms with E-state index in [4.69, 9.17) is 5.73 Å². The van der Waals surface area contributed by atoms with Crippen LogP contribution in [0.15, 0.2) is 11.3 Å². The highest BCUT2D eigenvalue weighted by atomic mass is 16.2. The molecular formula is C9H15N3O. The van der Waals surface area contributed by atoms with E-state index in [9.17, 15) is 4.79 Å². The number of urea groups is 1. The summed E-state index contributed by atoms with van der Waals surface area (Å²) in [5, 5.41) is 3.26. The van der Waals surface area contributed by atoms with Gasteiger partial charge in [-0.05, 0) is 31.3 Å². The van der Waals surface area contributed by atoms with Gasteiger partial charge in [0.05, 0.1) is 6.67 Å². The molecule has 72 valence electrons. The second-order valence-corrected chi connectivity index (χ2v) is 3.66. The highest BCUT2D eigenvalue weighted by Crippen LogP contribution is 2.25. The van der Waals surface area contributed by atoms with Crippen molar-refractivity contribution in [3.63, 3.8) is 0 Å². The molecule has 0 aromatic carbocycles. The summed E-state index contributed by atoms with van der Waals surface area (Å²) in [5.41, 5.74) is 7.94. The number of allylic oxidation sites excluding steroid dienone is 1. The Morgan fingerprint density at radius 1 is 1.38 bits per heavy atom. The van der Waals surface area contributed by atoms with Crippen LogP contribution in [0.3, 0.4) is 0 Å². The standard InChI is InChI=1S/C9H15N3O/c10-9(13)12-5-7-3-1-2-4-8(7)11-6-12/h11H,1-6H2,(H2,10,13). The second kappa shape index (κ2) is 3.28. The minimum Gasteiger partial charge on any atom is -0.371 e. The lowest BCUT2D eigenvalue weighted by Crippen LogP contribution is -2.47. The highest BCUT2D eigenvalue weighted by Gasteiger charge is 2.22. The fourth-order valence-electron chi connectivity index (χ4n) is 1.99. The molecule has 1 aliphatic heterocycles. The summed E-state index contributed by atoms with van der Waals surface area (Å²) in [4.78, 5) is 12.6. The molecule has 0 unspecified atom stereocenters. The number of carbonyl (C=O) groups excluding carboxylic acids is 1. The zero-order valence-electron chi connectivity index (χ0n) is 7.68. The van der Waals surface area contributed by atoms with Crippen molar-refractivity contribution < 1.29 is 4.79 Å². The molecule has 0 radical (unpaired) electrons. The van der Waals surface area contributed by atoms with Crippen LogP contribution < -0.4 is 11.1 Å². The van der Waals surface area contributed by atoms with Gasteiger partial charge in [0.15, 0.2) is 0 Å². The molecule has 1 heterocycles. The molecule has 0 aromatic rings. The number of rotatable bonds is 0. The number of nitrogens with zero attached hydrogens (tertiary/aromatic N) is 1. The van der Waals surface area contributed by atoms with E-state index in [1.54, 1.807) is 4.90 Å². The molecule has 0 saturated heterocycles. The van der Waals surface area contributed by atoms with Crippen molar-refractivity contribution in [2.45, 2.75) is 25.7 Å². The highest BCUT2D eigenvalue weighted by molar-refractivity contribution is 5.72. The summed E-state index contributed by atoms with van der Waals surface area (Å²) in [6.07, 6.45) is 4.77. The van der Waals surface area contributed by atoms with Crippen LogP contribution in [0.4, 0.5) is 4.79 Å². The van der Waals surface area contributed by atoms with E-state index in [1.807, 2.05) is 0 Å². The SMILES string of the molecule is NC(=O)N1CNC2=C(CCCC2)C1. The van der Waals surface area contributed by atoms with Gasteiger partial charge in [-0.15, -0.1) is 0 Å². The Bertz CT molecular complexity index is 260. The van der Waals surface area contributed by atoms with Crippen molar-refractivity contribution in [3.8, 4) is 0 Å². The maximum Gasteiger partial charge on any atom is 0.316 e. The van der Waals surface area contributed by atoms with Crippen molar-refractivity contribution in [2.75, 3.05) is 13.2 Å². The van der Waals surface area contributed by atoms with Crippen LogP contribution in [0.1, 0.15) is 25.7 Å². The first-order chi connectivity index (χ1) is 6.27. The number of hydrogen-bond acceptors (Lipinski definition) is 2. The third kappa shape index (κ3) is 1.61. The number of nitrogens with one attached hydrogen (secondary N) is 1.